The first-order valence-corrected chi connectivity index (χ1v) is 9.76. The molecule has 0 aliphatic carbocycles. The number of carboxylic acids is 1. The number of ether oxygens (including phenoxy) is 1. The summed E-state index contributed by atoms with van der Waals surface area (Å²) >= 11 is 0. The number of aliphatic carboxylic acids is 1. The second-order valence-electron chi connectivity index (χ2n) is 7.75. The molecule has 0 saturated carbocycles. The largest absolute Gasteiger partial charge is 0.481 e. The first kappa shape index (κ1) is 24.4. The van der Waals surface area contributed by atoms with Crippen molar-refractivity contribution in [1.82, 2.24) is 0 Å². The summed E-state index contributed by atoms with van der Waals surface area (Å²) < 4.78 is 5.91. The summed E-state index contributed by atoms with van der Waals surface area (Å²) in [7, 11) is 5.85. The lowest BCUT2D eigenvalue weighted by Gasteiger charge is -2.28. The lowest BCUT2D eigenvalue weighted by atomic mass is 10.2. The number of quaternary nitrogens is 1. The third kappa shape index (κ3) is 17.2. The van der Waals surface area contributed by atoms with Gasteiger partial charge in [-0.25, -0.2) is 0 Å². The van der Waals surface area contributed by atoms with Gasteiger partial charge in [0.25, 0.3) is 0 Å². The molecule has 0 radical (unpaired) electrons. The number of unbranched alkanes of at least 4 members (excludes halogenated alkanes) is 4. The maximum Gasteiger partial charge on any atom is 0.307 e. The van der Waals surface area contributed by atoms with E-state index in [1.807, 2.05) is 21.1 Å². The lowest BCUT2D eigenvalue weighted by Crippen LogP contribution is -2.43. The first-order chi connectivity index (χ1) is 12.2. The summed E-state index contributed by atoms with van der Waals surface area (Å²) in [6.45, 7) is 2.70. The van der Waals surface area contributed by atoms with E-state index in [4.69, 9.17) is 9.84 Å². The fourth-order valence-corrected chi connectivity index (χ4v) is 2.58. The second kappa shape index (κ2) is 14.5. The van der Waals surface area contributed by atoms with Crippen molar-refractivity contribution in [2.75, 3.05) is 27.7 Å². The molecule has 0 heterocycles. The van der Waals surface area contributed by atoms with E-state index in [1.165, 1.54) is 19.3 Å². The van der Waals surface area contributed by atoms with E-state index in [-0.39, 0.29) is 12.4 Å². The SMILES string of the molecule is CCCCC/C=C\C/C=C\CCCC(=O)O[C@H](CC(=O)O)C[N+](C)(C)C. The molecule has 26 heavy (non-hydrogen) atoms. The quantitative estimate of drug-likeness (QED) is 0.202. The van der Waals surface area contributed by atoms with Crippen LogP contribution in [0.1, 0.15) is 64.7 Å². The summed E-state index contributed by atoms with van der Waals surface area (Å²) in [5.41, 5.74) is 0. The van der Waals surface area contributed by atoms with Crippen molar-refractivity contribution >= 4 is 11.9 Å². The van der Waals surface area contributed by atoms with Gasteiger partial charge in [0, 0.05) is 6.42 Å². The molecule has 5 nitrogen and oxygen atoms in total. The molecule has 5 heteroatoms. The number of rotatable bonds is 15. The number of esters is 1. The number of nitrogens with zero attached hydrogens (tertiary/aromatic N) is 1. The molecule has 0 unspecified atom stereocenters. The minimum absolute atomic E-state index is 0.147. The average molecular weight is 369 g/mol. The van der Waals surface area contributed by atoms with Crippen LogP contribution in [0.15, 0.2) is 24.3 Å². The normalized spacial score (nSPS) is 13.4. The standard InChI is InChI=1S/C21H37NO4/c1-5-6-7-8-9-10-11-12-13-14-15-16-21(25)26-19(17-20(23)24)18-22(2,3)4/h9-10,12-13,19H,5-8,11,14-18H2,1-4H3/p+1/b10-9-,13-12-/t19-/m1/s1. The molecule has 1 atom stereocenters. The van der Waals surface area contributed by atoms with Gasteiger partial charge >= 0.3 is 11.9 Å². The highest BCUT2D eigenvalue weighted by molar-refractivity contribution is 5.71. The van der Waals surface area contributed by atoms with Crippen LogP contribution in [0.5, 0.6) is 0 Å². The van der Waals surface area contributed by atoms with Gasteiger partial charge in [-0.3, -0.25) is 9.59 Å². The average Bonchev–Trinajstić information content (AvgIpc) is 2.50. The fraction of sp³-hybridized carbons (Fsp3) is 0.714. The first-order valence-electron chi connectivity index (χ1n) is 9.76. The zero-order chi connectivity index (χ0) is 19.8. The van der Waals surface area contributed by atoms with Crippen LogP contribution in [-0.2, 0) is 14.3 Å². The molecule has 0 aromatic rings. The van der Waals surface area contributed by atoms with Gasteiger partial charge < -0.3 is 14.3 Å². The number of hydrogen-bond acceptors (Lipinski definition) is 3. The van der Waals surface area contributed by atoms with E-state index in [2.05, 4.69) is 31.2 Å². The molecular weight excluding hydrogens is 330 g/mol. The molecule has 1 N–H and O–H groups in total. The number of allylic oxidation sites excluding steroid dienone is 4. The Bertz CT molecular complexity index is 449. The lowest BCUT2D eigenvalue weighted by molar-refractivity contribution is -0.873. The third-order valence-electron chi connectivity index (χ3n) is 3.78. The maximum atomic E-state index is 11.9. The van der Waals surface area contributed by atoms with Crippen LogP contribution >= 0.6 is 0 Å². The molecule has 0 bridgehead atoms. The van der Waals surface area contributed by atoms with Crippen molar-refractivity contribution in [2.45, 2.75) is 70.8 Å². The Labute approximate surface area is 159 Å². The Hall–Kier alpha value is -1.62. The zero-order valence-electron chi connectivity index (χ0n) is 17.1. The van der Waals surface area contributed by atoms with Crippen LogP contribution in [0.3, 0.4) is 0 Å². The highest BCUT2D eigenvalue weighted by atomic mass is 16.5. The zero-order valence-corrected chi connectivity index (χ0v) is 17.1. The second-order valence-corrected chi connectivity index (χ2v) is 7.75. The van der Waals surface area contributed by atoms with Crippen LogP contribution < -0.4 is 0 Å². The maximum absolute atomic E-state index is 11.9. The van der Waals surface area contributed by atoms with Crippen LogP contribution in [0.4, 0.5) is 0 Å². The molecule has 150 valence electrons. The van der Waals surface area contributed by atoms with Crippen LogP contribution in [-0.4, -0.2) is 55.3 Å². The van der Waals surface area contributed by atoms with Gasteiger partial charge in [0.05, 0.1) is 27.6 Å². The molecule has 0 fully saturated rings. The van der Waals surface area contributed by atoms with Gasteiger partial charge in [-0.2, -0.15) is 0 Å². The summed E-state index contributed by atoms with van der Waals surface area (Å²) in [6.07, 6.45) is 15.7. The Kier molecular flexibility index (Phi) is 13.6. The number of carbonyl (C=O) groups excluding carboxylic acids is 1. The fourth-order valence-electron chi connectivity index (χ4n) is 2.58. The minimum Gasteiger partial charge on any atom is -0.481 e. The summed E-state index contributed by atoms with van der Waals surface area (Å²) in [4.78, 5) is 22.8. The van der Waals surface area contributed by atoms with Gasteiger partial charge in [-0.05, 0) is 32.1 Å². The van der Waals surface area contributed by atoms with Crippen LogP contribution in [0.25, 0.3) is 0 Å². The van der Waals surface area contributed by atoms with Crippen molar-refractivity contribution in [3.63, 3.8) is 0 Å². The predicted octanol–water partition coefficient (Wildman–Crippen LogP) is 4.33. The van der Waals surface area contributed by atoms with E-state index in [9.17, 15) is 9.59 Å². The smallest absolute Gasteiger partial charge is 0.307 e. The summed E-state index contributed by atoms with van der Waals surface area (Å²) in [5, 5.41) is 8.96. The molecular formula is C21H38NO4+. The summed E-state index contributed by atoms with van der Waals surface area (Å²) in [6, 6.07) is 0. The third-order valence-corrected chi connectivity index (χ3v) is 3.78. The van der Waals surface area contributed by atoms with Crippen molar-refractivity contribution in [3.05, 3.63) is 24.3 Å². The number of carbonyl (C=O) groups is 2. The van der Waals surface area contributed by atoms with Crippen LogP contribution in [0.2, 0.25) is 0 Å². The Morgan fingerprint density at radius 1 is 1.00 bits per heavy atom. The van der Waals surface area contributed by atoms with Crippen molar-refractivity contribution < 1.29 is 23.9 Å². The summed E-state index contributed by atoms with van der Waals surface area (Å²) in [5.74, 6) is -1.25. The van der Waals surface area contributed by atoms with Crippen molar-refractivity contribution in [2.24, 2.45) is 0 Å². The topological polar surface area (TPSA) is 63.6 Å². The van der Waals surface area contributed by atoms with Gasteiger partial charge in [-0.1, -0.05) is 44.1 Å². The molecule has 0 aliphatic rings. The van der Waals surface area contributed by atoms with Gasteiger partial charge in [0.1, 0.15) is 6.54 Å². The Balaban J connectivity index is 3.94. The highest BCUT2D eigenvalue weighted by Crippen LogP contribution is 2.08. The molecule has 0 aliphatic heterocycles. The molecule has 0 aromatic carbocycles. The van der Waals surface area contributed by atoms with Crippen LogP contribution in [0, 0.1) is 0 Å². The van der Waals surface area contributed by atoms with Gasteiger partial charge in [-0.15, -0.1) is 0 Å². The molecule has 0 rings (SSSR count). The molecule has 0 amide bonds. The number of hydrogen-bond donors (Lipinski definition) is 1. The van der Waals surface area contributed by atoms with E-state index in [0.29, 0.717) is 17.4 Å². The van der Waals surface area contributed by atoms with Crippen molar-refractivity contribution in [1.29, 1.82) is 0 Å². The minimum atomic E-state index is -0.943. The highest BCUT2D eigenvalue weighted by Gasteiger charge is 2.24. The molecule has 0 spiro atoms. The monoisotopic (exact) mass is 368 g/mol. The van der Waals surface area contributed by atoms with Gasteiger partial charge in [0.15, 0.2) is 6.10 Å². The number of likely N-dealkylation sites (N-methyl/N-ethyl adjacent to an activating group) is 1. The number of carboxylic acid groups (broad SMARTS) is 1. The Morgan fingerprint density at radius 2 is 1.62 bits per heavy atom. The molecule has 0 saturated heterocycles. The van der Waals surface area contributed by atoms with E-state index < -0.39 is 12.1 Å². The van der Waals surface area contributed by atoms with E-state index in [1.54, 1.807) is 0 Å². The van der Waals surface area contributed by atoms with Gasteiger partial charge in [0.2, 0.25) is 0 Å². The van der Waals surface area contributed by atoms with E-state index >= 15 is 0 Å². The molecule has 0 aromatic heterocycles. The van der Waals surface area contributed by atoms with E-state index in [0.717, 1.165) is 25.7 Å². The Morgan fingerprint density at radius 3 is 2.15 bits per heavy atom. The van der Waals surface area contributed by atoms with Crippen molar-refractivity contribution in [3.8, 4) is 0 Å². The predicted molar refractivity (Wildman–Crippen MR) is 106 cm³/mol.